The van der Waals surface area contributed by atoms with Crippen LogP contribution in [0.15, 0.2) is 29.7 Å². The van der Waals surface area contributed by atoms with Gasteiger partial charge in [-0.2, -0.15) is 8.78 Å². The van der Waals surface area contributed by atoms with E-state index in [1.165, 1.54) is 18.2 Å². The number of nitrogens with one attached hydrogen (secondary N) is 1. The second kappa shape index (κ2) is 8.45. The summed E-state index contributed by atoms with van der Waals surface area (Å²) in [6, 6.07) is 3.65. The van der Waals surface area contributed by atoms with Gasteiger partial charge in [0.25, 0.3) is 5.91 Å². The van der Waals surface area contributed by atoms with Gasteiger partial charge in [0.15, 0.2) is 16.4 Å². The van der Waals surface area contributed by atoms with E-state index < -0.39 is 40.9 Å². The predicted molar refractivity (Wildman–Crippen MR) is 88.7 cm³/mol. The molecule has 26 heavy (non-hydrogen) atoms. The highest BCUT2D eigenvalue weighted by Gasteiger charge is 2.24. The molecule has 142 valence electrons. The summed E-state index contributed by atoms with van der Waals surface area (Å²) in [5, 5.41) is 3.29. The van der Waals surface area contributed by atoms with Crippen molar-refractivity contribution in [3.63, 3.8) is 0 Å². The number of amides is 1. The molecule has 1 N–H and O–H groups in total. The Morgan fingerprint density at radius 1 is 1.35 bits per heavy atom. The normalized spacial score (nSPS) is 17.9. The largest absolute Gasteiger partial charge is 0.456 e. The maximum Gasteiger partial charge on any atom is 0.387 e. The highest BCUT2D eigenvalue weighted by atomic mass is 35.5. The summed E-state index contributed by atoms with van der Waals surface area (Å²) >= 11 is 5.75. The molecule has 7 nitrogen and oxygen atoms in total. The van der Waals surface area contributed by atoms with Crippen molar-refractivity contribution >= 4 is 39.0 Å². The molecule has 0 aromatic heterocycles. The number of halogens is 3. The van der Waals surface area contributed by atoms with Crippen LogP contribution in [0.4, 0.5) is 14.5 Å². The molecular weight excluding hydrogens is 396 g/mol. The number of anilines is 1. The number of esters is 1. The molecule has 1 aromatic rings. The van der Waals surface area contributed by atoms with Crippen molar-refractivity contribution in [3.8, 4) is 5.75 Å². The van der Waals surface area contributed by atoms with Crippen molar-refractivity contribution in [2.24, 2.45) is 5.92 Å². The van der Waals surface area contributed by atoms with Crippen LogP contribution in [0.3, 0.4) is 0 Å². The Hall–Kier alpha value is -2.20. The summed E-state index contributed by atoms with van der Waals surface area (Å²) in [5.41, 5.74) is 0.197. The molecule has 0 radical (unpaired) electrons. The van der Waals surface area contributed by atoms with E-state index in [4.69, 9.17) is 16.3 Å². The minimum atomic E-state index is -3.27. The van der Waals surface area contributed by atoms with Crippen LogP contribution in [0, 0.1) is 5.92 Å². The molecule has 1 aliphatic rings. The maximum atomic E-state index is 12.1. The smallest absolute Gasteiger partial charge is 0.387 e. The van der Waals surface area contributed by atoms with Crippen molar-refractivity contribution in [1.82, 2.24) is 0 Å². The molecule has 0 spiro atoms. The molecule has 1 amide bonds. The SMILES string of the molecule is O=C(COC(=O)CC1C=CS(=O)(=O)C1)Nc1ccc(OC(F)F)c(Cl)c1. The average molecular weight is 410 g/mol. The van der Waals surface area contributed by atoms with Crippen LogP contribution in [-0.2, 0) is 24.2 Å². The van der Waals surface area contributed by atoms with Gasteiger partial charge < -0.3 is 14.8 Å². The van der Waals surface area contributed by atoms with Crippen molar-refractivity contribution < 1.29 is 36.3 Å². The Labute approximate surface area is 152 Å². The molecule has 0 saturated heterocycles. The third-order valence-corrected chi connectivity index (χ3v) is 4.99. The zero-order valence-electron chi connectivity index (χ0n) is 13.2. The third kappa shape index (κ3) is 6.26. The van der Waals surface area contributed by atoms with Gasteiger partial charge in [-0.15, -0.1) is 0 Å². The molecule has 1 aliphatic heterocycles. The van der Waals surface area contributed by atoms with Crippen molar-refractivity contribution in [2.45, 2.75) is 13.0 Å². The Bertz CT molecular complexity index is 827. The molecular formula is C15H14ClF2NO6S. The van der Waals surface area contributed by atoms with Gasteiger partial charge in [-0.3, -0.25) is 9.59 Å². The van der Waals surface area contributed by atoms with Crippen molar-refractivity contribution in [3.05, 3.63) is 34.7 Å². The van der Waals surface area contributed by atoms with E-state index in [1.807, 2.05) is 0 Å². The lowest BCUT2D eigenvalue weighted by molar-refractivity contribution is -0.147. The third-order valence-electron chi connectivity index (χ3n) is 3.23. The Balaban J connectivity index is 1.79. The second-order valence-electron chi connectivity index (χ2n) is 5.35. The predicted octanol–water partition coefficient (Wildman–Crippen LogP) is 2.37. The van der Waals surface area contributed by atoms with Crippen LogP contribution in [0.5, 0.6) is 5.75 Å². The first-order valence-corrected chi connectivity index (χ1v) is 9.35. The molecule has 0 saturated carbocycles. The van der Waals surface area contributed by atoms with Gasteiger partial charge in [-0.25, -0.2) is 8.42 Å². The lowest BCUT2D eigenvalue weighted by Crippen LogP contribution is -2.22. The molecule has 2 rings (SSSR count). The standard InChI is InChI=1S/C15H14ClF2NO6S/c16-11-6-10(1-2-12(11)25-15(17)18)19-13(20)7-24-14(21)5-9-3-4-26(22,23)8-9/h1-4,6,9,15H,5,7-8H2,(H,19,20). The van der Waals surface area contributed by atoms with Gasteiger partial charge in [0.05, 0.1) is 17.2 Å². The summed E-state index contributed by atoms with van der Waals surface area (Å²) in [5.74, 6) is -2.28. The van der Waals surface area contributed by atoms with Crippen LogP contribution >= 0.6 is 11.6 Å². The van der Waals surface area contributed by atoms with E-state index in [0.717, 1.165) is 11.5 Å². The first kappa shape index (κ1) is 20.1. The van der Waals surface area contributed by atoms with Crippen LogP contribution in [-0.4, -0.2) is 39.3 Å². The van der Waals surface area contributed by atoms with E-state index in [-0.39, 0.29) is 28.6 Å². The topological polar surface area (TPSA) is 98.8 Å². The van der Waals surface area contributed by atoms with Gasteiger partial charge in [0.2, 0.25) is 0 Å². The highest BCUT2D eigenvalue weighted by Crippen LogP contribution is 2.28. The van der Waals surface area contributed by atoms with E-state index in [1.54, 1.807) is 0 Å². The fourth-order valence-electron chi connectivity index (χ4n) is 2.15. The zero-order valence-corrected chi connectivity index (χ0v) is 14.7. The molecule has 1 aromatic carbocycles. The summed E-state index contributed by atoms with van der Waals surface area (Å²) in [6.07, 6.45) is 1.25. The van der Waals surface area contributed by atoms with Crippen LogP contribution in [0.2, 0.25) is 5.02 Å². The number of sulfone groups is 1. The Kier molecular flexibility index (Phi) is 6.54. The average Bonchev–Trinajstić information content (AvgIpc) is 2.86. The number of carbonyl (C=O) groups excluding carboxylic acids is 2. The number of hydrogen-bond donors (Lipinski definition) is 1. The van der Waals surface area contributed by atoms with E-state index in [0.29, 0.717) is 0 Å². The van der Waals surface area contributed by atoms with Gasteiger partial charge in [-0.1, -0.05) is 17.7 Å². The number of alkyl halides is 2. The van der Waals surface area contributed by atoms with E-state index >= 15 is 0 Å². The lowest BCUT2D eigenvalue weighted by Gasteiger charge is -2.10. The van der Waals surface area contributed by atoms with Gasteiger partial charge in [-0.05, 0) is 18.2 Å². The first-order chi connectivity index (χ1) is 12.1. The van der Waals surface area contributed by atoms with Crippen LogP contribution in [0.1, 0.15) is 6.42 Å². The lowest BCUT2D eigenvalue weighted by atomic mass is 10.1. The molecule has 0 bridgehead atoms. The molecule has 1 heterocycles. The summed E-state index contributed by atoms with van der Waals surface area (Å²) in [7, 11) is -3.27. The second-order valence-corrected chi connectivity index (χ2v) is 7.69. The number of carbonyl (C=O) groups is 2. The molecule has 1 atom stereocenters. The number of ether oxygens (including phenoxy) is 2. The molecule has 11 heteroatoms. The summed E-state index contributed by atoms with van der Waals surface area (Å²) in [4.78, 5) is 23.4. The summed E-state index contributed by atoms with van der Waals surface area (Å²) in [6.45, 7) is -3.62. The number of benzene rings is 1. The van der Waals surface area contributed by atoms with E-state index in [9.17, 15) is 26.8 Å². The minimum absolute atomic E-state index is 0.130. The minimum Gasteiger partial charge on any atom is -0.456 e. The van der Waals surface area contributed by atoms with Gasteiger partial charge in [0, 0.05) is 17.0 Å². The fraction of sp³-hybridized carbons (Fsp3) is 0.333. The van der Waals surface area contributed by atoms with Crippen LogP contribution < -0.4 is 10.1 Å². The Morgan fingerprint density at radius 2 is 2.08 bits per heavy atom. The number of allylic oxidation sites excluding steroid dienone is 1. The van der Waals surface area contributed by atoms with Crippen molar-refractivity contribution in [2.75, 3.05) is 17.7 Å². The molecule has 0 fully saturated rings. The maximum absolute atomic E-state index is 12.1. The highest BCUT2D eigenvalue weighted by molar-refractivity contribution is 7.94. The monoisotopic (exact) mass is 409 g/mol. The number of hydrogen-bond acceptors (Lipinski definition) is 6. The van der Waals surface area contributed by atoms with E-state index in [2.05, 4.69) is 10.1 Å². The zero-order chi connectivity index (χ0) is 19.3. The Morgan fingerprint density at radius 3 is 2.65 bits per heavy atom. The number of rotatable bonds is 7. The summed E-state index contributed by atoms with van der Waals surface area (Å²) < 4.78 is 55.7. The molecule has 0 aliphatic carbocycles. The van der Waals surface area contributed by atoms with Gasteiger partial charge in [0.1, 0.15) is 5.75 Å². The quantitative estimate of drug-likeness (QED) is 0.694. The van der Waals surface area contributed by atoms with Crippen LogP contribution in [0.25, 0.3) is 0 Å². The van der Waals surface area contributed by atoms with Gasteiger partial charge >= 0.3 is 12.6 Å². The first-order valence-electron chi connectivity index (χ1n) is 7.25. The van der Waals surface area contributed by atoms with Crippen molar-refractivity contribution in [1.29, 1.82) is 0 Å². The fourth-order valence-corrected chi connectivity index (χ4v) is 3.78. The molecule has 1 unspecified atom stereocenters.